The lowest BCUT2D eigenvalue weighted by molar-refractivity contribution is -0.117. The first-order chi connectivity index (χ1) is 13.5. The number of benzene rings is 1. The molecule has 1 N–H and O–H groups in total. The van der Waals surface area contributed by atoms with E-state index < -0.39 is 11.1 Å². The summed E-state index contributed by atoms with van der Waals surface area (Å²) in [6, 6.07) is 11.2. The molecule has 1 unspecified atom stereocenters. The molecule has 1 aromatic carbocycles. The van der Waals surface area contributed by atoms with E-state index in [1.54, 1.807) is 12.1 Å². The summed E-state index contributed by atoms with van der Waals surface area (Å²) in [5, 5.41) is 0. The predicted molar refractivity (Wildman–Crippen MR) is 108 cm³/mol. The van der Waals surface area contributed by atoms with Gasteiger partial charge in [0.2, 0.25) is 0 Å². The van der Waals surface area contributed by atoms with Gasteiger partial charge in [-0.15, -0.1) is 0 Å². The molecule has 146 valence electrons. The van der Waals surface area contributed by atoms with Crippen LogP contribution < -0.4 is 5.56 Å². The molecule has 1 aromatic heterocycles. The van der Waals surface area contributed by atoms with E-state index >= 15 is 0 Å². The van der Waals surface area contributed by atoms with Crippen molar-refractivity contribution in [2.75, 3.05) is 0 Å². The normalized spacial score (nSPS) is 21.1. The molecule has 0 spiro atoms. The van der Waals surface area contributed by atoms with Crippen LogP contribution in [0.1, 0.15) is 60.4 Å². The van der Waals surface area contributed by atoms with Crippen LogP contribution in [-0.2, 0) is 21.6 Å². The van der Waals surface area contributed by atoms with Gasteiger partial charge >= 0.3 is 0 Å². The standard InChI is InChI=1S/C22H23NO4S/c24-18-8-3-15(11-18)12-20(17-4-1-14(2-5-17)13-28(26)27)21-10-9-19(16-6-7-16)22(25)23-21/h1-2,4-5,9-10,12,15-16H,3,6-8,11,13H2,(H,23,25)(H,26,27)/p-1/b20-12+/t15-/m0/s1. The second kappa shape index (κ2) is 7.97. The second-order valence-corrected chi connectivity index (χ2v) is 8.59. The molecule has 0 aliphatic heterocycles. The molecule has 2 fully saturated rings. The van der Waals surface area contributed by atoms with Crippen molar-refractivity contribution in [3.8, 4) is 0 Å². The van der Waals surface area contributed by atoms with E-state index in [1.165, 1.54) is 0 Å². The number of ketones is 1. The lowest BCUT2D eigenvalue weighted by Crippen LogP contribution is -2.13. The van der Waals surface area contributed by atoms with Gasteiger partial charge in [0.1, 0.15) is 5.78 Å². The smallest absolute Gasteiger partial charge is 0.251 e. The van der Waals surface area contributed by atoms with Crippen molar-refractivity contribution < 1.29 is 13.6 Å². The quantitative estimate of drug-likeness (QED) is 0.758. The number of Topliss-reactive ketones (excluding diaryl/α,β-unsaturated/α-hetero) is 1. The van der Waals surface area contributed by atoms with Crippen molar-refractivity contribution in [2.24, 2.45) is 5.92 Å². The third-order valence-corrected chi connectivity index (χ3v) is 6.05. The zero-order valence-corrected chi connectivity index (χ0v) is 16.3. The van der Waals surface area contributed by atoms with E-state index in [4.69, 9.17) is 0 Å². The number of allylic oxidation sites excluding steroid dienone is 1. The third-order valence-electron chi connectivity index (χ3n) is 5.48. The van der Waals surface area contributed by atoms with E-state index in [0.29, 0.717) is 24.3 Å². The van der Waals surface area contributed by atoms with Crippen LogP contribution in [0.4, 0.5) is 0 Å². The number of aromatic nitrogens is 1. The number of H-pyrrole nitrogens is 1. The number of hydrogen-bond donors (Lipinski definition) is 1. The Balaban J connectivity index is 1.70. The predicted octanol–water partition coefficient (Wildman–Crippen LogP) is 3.43. The van der Waals surface area contributed by atoms with Gasteiger partial charge in [-0.2, -0.15) is 0 Å². The number of aromatic amines is 1. The molecule has 2 atom stereocenters. The van der Waals surface area contributed by atoms with E-state index in [1.807, 2.05) is 24.3 Å². The summed E-state index contributed by atoms with van der Waals surface area (Å²) in [4.78, 5) is 27.2. The summed E-state index contributed by atoms with van der Waals surface area (Å²) in [7, 11) is 0. The monoisotopic (exact) mass is 396 g/mol. The van der Waals surface area contributed by atoms with Gasteiger partial charge in [0, 0.05) is 35.4 Å². The van der Waals surface area contributed by atoms with Gasteiger partial charge in [-0.1, -0.05) is 47.5 Å². The Morgan fingerprint density at radius 1 is 1.11 bits per heavy atom. The minimum Gasteiger partial charge on any atom is -0.772 e. The first-order valence-corrected chi connectivity index (χ1v) is 10.9. The van der Waals surface area contributed by atoms with Gasteiger partial charge in [-0.25, -0.2) is 0 Å². The number of rotatable bonds is 6. The van der Waals surface area contributed by atoms with Gasteiger partial charge < -0.3 is 9.54 Å². The molecule has 0 bridgehead atoms. The molecule has 2 aliphatic carbocycles. The van der Waals surface area contributed by atoms with Crippen LogP contribution in [0.3, 0.4) is 0 Å². The third kappa shape index (κ3) is 4.39. The van der Waals surface area contributed by atoms with Gasteiger partial charge in [0.25, 0.3) is 5.56 Å². The highest BCUT2D eigenvalue weighted by Gasteiger charge is 2.26. The Bertz CT molecular complexity index is 1000. The van der Waals surface area contributed by atoms with E-state index in [-0.39, 0.29) is 23.0 Å². The van der Waals surface area contributed by atoms with Gasteiger partial charge in [0.15, 0.2) is 0 Å². The fourth-order valence-corrected chi connectivity index (χ4v) is 4.30. The summed E-state index contributed by atoms with van der Waals surface area (Å²) in [5.41, 5.74) is 4.02. The van der Waals surface area contributed by atoms with E-state index in [2.05, 4.69) is 11.1 Å². The van der Waals surface area contributed by atoms with Crippen LogP contribution >= 0.6 is 0 Å². The van der Waals surface area contributed by atoms with Gasteiger partial charge in [0.05, 0.1) is 0 Å². The summed E-state index contributed by atoms with van der Waals surface area (Å²) in [5.74, 6) is 0.780. The average molecular weight is 396 g/mol. The molecule has 2 aromatic rings. The van der Waals surface area contributed by atoms with E-state index in [0.717, 1.165) is 41.7 Å². The summed E-state index contributed by atoms with van der Waals surface area (Å²) >= 11 is -2.13. The van der Waals surface area contributed by atoms with Crippen molar-refractivity contribution >= 4 is 22.4 Å². The highest BCUT2D eigenvalue weighted by atomic mass is 32.2. The molecular weight excluding hydrogens is 374 g/mol. The lowest BCUT2D eigenvalue weighted by atomic mass is 9.95. The van der Waals surface area contributed by atoms with Crippen LogP contribution in [-0.4, -0.2) is 19.5 Å². The zero-order valence-electron chi connectivity index (χ0n) is 15.5. The number of nitrogens with one attached hydrogen (secondary N) is 1. The molecule has 6 heteroatoms. The molecule has 1 heterocycles. The Hall–Kier alpha value is -2.31. The summed E-state index contributed by atoms with van der Waals surface area (Å²) < 4.78 is 21.8. The number of carbonyl (C=O) groups excluding carboxylic acids is 1. The molecule has 0 amide bonds. The molecule has 2 aliphatic rings. The fraction of sp³-hybridized carbons (Fsp3) is 0.364. The zero-order chi connectivity index (χ0) is 19.7. The van der Waals surface area contributed by atoms with Crippen molar-refractivity contribution in [2.45, 2.75) is 43.8 Å². The van der Waals surface area contributed by atoms with Crippen LogP contribution in [0.15, 0.2) is 47.3 Å². The van der Waals surface area contributed by atoms with Gasteiger partial charge in [-0.05, 0) is 48.3 Å². The Kier molecular flexibility index (Phi) is 5.42. The van der Waals surface area contributed by atoms with Crippen molar-refractivity contribution in [1.29, 1.82) is 0 Å². The van der Waals surface area contributed by atoms with Crippen LogP contribution in [0, 0.1) is 5.92 Å². The van der Waals surface area contributed by atoms with Crippen LogP contribution in [0.2, 0.25) is 0 Å². The maximum Gasteiger partial charge on any atom is 0.251 e. The molecule has 0 saturated heterocycles. The van der Waals surface area contributed by atoms with Crippen molar-refractivity contribution in [3.63, 3.8) is 0 Å². The molecular formula is C22H22NO4S-. The fourth-order valence-electron chi connectivity index (χ4n) is 3.84. The average Bonchev–Trinajstić information content (AvgIpc) is 3.41. The highest BCUT2D eigenvalue weighted by Crippen LogP contribution is 2.38. The number of carbonyl (C=O) groups is 1. The maximum absolute atomic E-state index is 12.5. The minimum atomic E-state index is -2.13. The van der Waals surface area contributed by atoms with Crippen molar-refractivity contribution in [1.82, 2.24) is 4.98 Å². The topological polar surface area (TPSA) is 90.1 Å². The maximum atomic E-state index is 12.5. The summed E-state index contributed by atoms with van der Waals surface area (Å²) in [6.45, 7) is 0. The highest BCUT2D eigenvalue weighted by molar-refractivity contribution is 7.78. The Labute approximate surface area is 166 Å². The summed E-state index contributed by atoms with van der Waals surface area (Å²) in [6.07, 6.45) is 6.16. The minimum absolute atomic E-state index is 0.0244. The van der Waals surface area contributed by atoms with Crippen LogP contribution in [0.5, 0.6) is 0 Å². The van der Waals surface area contributed by atoms with Gasteiger partial charge in [-0.3, -0.25) is 13.8 Å². The molecule has 0 radical (unpaired) electrons. The molecule has 28 heavy (non-hydrogen) atoms. The van der Waals surface area contributed by atoms with Crippen molar-refractivity contribution in [3.05, 3.63) is 75.2 Å². The Morgan fingerprint density at radius 3 is 2.43 bits per heavy atom. The second-order valence-electron chi connectivity index (χ2n) is 7.70. The molecule has 2 saturated carbocycles. The number of pyridine rings is 1. The first kappa shape index (κ1) is 19.0. The number of hydrogen-bond acceptors (Lipinski definition) is 4. The Morgan fingerprint density at radius 2 is 1.86 bits per heavy atom. The largest absolute Gasteiger partial charge is 0.772 e. The molecule has 4 rings (SSSR count). The lowest BCUT2D eigenvalue weighted by Gasteiger charge is -2.13. The SMILES string of the molecule is O=C1CC[C@H](/C=C(\c2ccc(CS(=O)[O-])cc2)c2ccc(C3CC3)c(=O)[nH]2)C1. The van der Waals surface area contributed by atoms with Crippen LogP contribution in [0.25, 0.3) is 5.57 Å². The van der Waals surface area contributed by atoms with E-state index in [9.17, 15) is 18.4 Å². The molecule has 5 nitrogen and oxygen atoms in total. The first-order valence-electron chi connectivity index (χ1n) is 9.62.